The molecule has 0 amide bonds. The minimum absolute atomic E-state index is 0.209. The first kappa shape index (κ1) is 13.5. The average Bonchev–Trinajstić information content (AvgIpc) is 2.81. The quantitative estimate of drug-likeness (QED) is 0.741. The molecular formula is C16H13Cl2NO. The Labute approximate surface area is 127 Å². The number of hydrogen-bond acceptors (Lipinski definition) is 2. The zero-order valence-corrected chi connectivity index (χ0v) is 12.2. The van der Waals surface area contributed by atoms with Crippen molar-refractivity contribution in [3.8, 4) is 0 Å². The van der Waals surface area contributed by atoms with Gasteiger partial charge in [-0.2, -0.15) is 0 Å². The zero-order chi connectivity index (χ0) is 14.1. The van der Waals surface area contributed by atoms with E-state index in [1.165, 1.54) is 0 Å². The van der Waals surface area contributed by atoms with Gasteiger partial charge >= 0.3 is 0 Å². The molecule has 0 aliphatic heterocycles. The van der Waals surface area contributed by atoms with Crippen LogP contribution in [0.3, 0.4) is 0 Å². The van der Waals surface area contributed by atoms with Crippen LogP contribution in [0.1, 0.15) is 17.4 Å². The van der Waals surface area contributed by atoms with Crippen LogP contribution in [0.15, 0.2) is 52.9 Å². The summed E-state index contributed by atoms with van der Waals surface area (Å²) in [5, 5.41) is 2.37. The lowest BCUT2D eigenvalue weighted by Crippen LogP contribution is -2.12. The molecule has 2 nitrogen and oxygen atoms in total. The van der Waals surface area contributed by atoms with Crippen molar-refractivity contribution in [3.05, 3.63) is 69.9 Å². The Balaban J connectivity index is 1.86. The van der Waals surface area contributed by atoms with Crippen LogP contribution in [0.5, 0.6) is 0 Å². The van der Waals surface area contributed by atoms with Gasteiger partial charge in [-0.3, -0.25) is 0 Å². The average molecular weight is 306 g/mol. The van der Waals surface area contributed by atoms with Gasteiger partial charge in [0, 0.05) is 15.4 Å². The van der Waals surface area contributed by atoms with Crippen molar-refractivity contribution in [2.75, 3.05) is 0 Å². The summed E-state index contributed by atoms with van der Waals surface area (Å²) in [5.74, 6) is 0.752. The third-order valence-corrected chi connectivity index (χ3v) is 3.68. The predicted octanol–water partition coefficient (Wildman–Crippen LogP) is 4.98. The highest BCUT2D eigenvalue weighted by Crippen LogP contribution is 2.27. The van der Waals surface area contributed by atoms with E-state index in [-0.39, 0.29) is 6.04 Å². The Kier molecular flexibility index (Phi) is 3.70. The van der Waals surface area contributed by atoms with Gasteiger partial charge in [-0.25, -0.2) is 0 Å². The molecule has 1 heterocycles. The summed E-state index contributed by atoms with van der Waals surface area (Å²) in [6.07, 6.45) is 0.675. The summed E-state index contributed by atoms with van der Waals surface area (Å²) < 4.78 is 5.77. The topological polar surface area (TPSA) is 39.2 Å². The van der Waals surface area contributed by atoms with Gasteiger partial charge < -0.3 is 10.2 Å². The van der Waals surface area contributed by atoms with E-state index < -0.39 is 0 Å². The molecule has 0 spiro atoms. The first-order valence-electron chi connectivity index (χ1n) is 6.31. The summed E-state index contributed by atoms with van der Waals surface area (Å²) in [7, 11) is 0. The van der Waals surface area contributed by atoms with E-state index in [1.807, 2.05) is 42.5 Å². The number of hydrogen-bond donors (Lipinski definition) is 1. The maximum Gasteiger partial charge on any atom is 0.134 e. The van der Waals surface area contributed by atoms with Gasteiger partial charge in [0.1, 0.15) is 11.3 Å². The highest BCUT2D eigenvalue weighted by atomic mass is 35.5. The molecule has 102 valence electrons. The number of benzene rings is 2. The third-order valence-electron chi connectivity index (χ3n) is 3.21. The van der Waals surface area contributed by atoms with Crippen molar-refractivity contribution in [2.45, 2.75) is 12.5 Å². The maximum absolute atomic E-state index is 6.21. The minimum Gasteiger partial charge on any atom is -0.459 e. The molecule has 4 heteroatoms. The Morgan fingerprint density at radius 2 is 1.80 bits per heavy atom. The van der Waals surface area contributed by atoms with Crippen molar-refractivity contribution in [1.82, 2.24) is 0 Å². The maximum atomic E-state index is 6.21. The third kappa shape index (κ3) is 2.83. The largest absolute Gasteiger partial charge is 0.459 e. The molecule has 1 unspecified atom stereocenters. The number of furan rings is 1. The molecule has 0 bridgehead atoms. The van der Waals surface area contributed by atoms with Crippen LogP contribution in [0.25, 0.3) is 11.0 Å². The van der Waals surface area contributed by atoms with E-state index >= 15 is 0 Å². The fourth-order valence-electron chi connectivity index (χ4n) is 2.24. The van der Waals surface area contributed by atoms with Crippen molar-refractivity contribution < 1.29 is 4.42 Å². The standard InChI is InChI=1S/C16H13Cl2NO/c17-12-3-1-2-10(6-12)7-14(19)16-9-11-8-13(18)4-5-15(11)20-16/h1-6,8-9,14H,7,19H2. The molecule has 0 saturated carbocycles. The molecule has 0 saturated heterocycles. The number of nitrogens with two attached hydrogens (primary N) is 1. The van der Waals surface area contributed by atoms with E-state index in [9.17, 15) is 0 Å². The second kappa shape index (κ2) is 5.49. The molecule has 0 aliphatic carbocycles. The van der Waals surface area contributed by atoms with Crippen LogP contribution in [0.4, 0.5) is 0 Å². The van der Waals surface area contributed by atoms with Gasteiger partial charge in [-0.1, -0.05) is 35.3 Å². The lowest BCUT2D eigenvalue weighted by molar-refractivity contribution is 0.494. The number of halogens is 2. The van der Waals surface area contributed by atoms with Crippen LogP contribution < -0.4 is 5.73 Å². The monoisotopic (exact) mass is 305 g/mol. The molecule has 0 aliphatic rings. The molecule has 3 rings (SSSR count). The van der Waals surface area contributed by atoms with Gasteiger partial charge in [0.2, 0.25) is 0 Å². The van der Waals surface area contributed by atoms with Gasteiger partial charge in [-0.15, -0.1) is 0 Å². The van der Waals surface area contributed by atoms with E-state index in [0.717, 1.165) is 22.3 Å². The van der Waals surface area contributed by atoms with E-state index in [4.69, 9.17) is 33.4 Å². The Morgan fingerprint density at radius 3 is 2.60 bits per heavy atom. The fourth-order valence-corrected chi connectivity index (χ4v) is 2.63. The molecular weight excluding hydrogens is 293 g/mol. The summed E-state index contributed by atoms with van der Waals surface area (Å²) in [6.45, 7) is 0. The highest BCUT2D eigenvalue weighted by molar-refractivity contribution is 6.31. The van der Waals surface area contributed by atoms with Crippen LogP contribution in [-0.2, 0) is 6.42 Å². The summed E-state index contributed by atoms with van der Waals surface area (Å²) in [5.41, 5.74) is 8.09. The first-order chi connectivity index (χ1) is 9.61. The first-order valence-corrected chi connectivity index (χ1v) is 7.06. The number of rotatable bonds is 3. The van der Waals surface area contributed by atoms with E-state index in [0.29, 0.717) is 16.5 Å². The molecule has 1 atom stereocenters. The zero-order valence-electron chi connectivity index (χ0n) is 10.6. The molecule has 2 aromatic carbocycles. The molecule has 1 aromatic heterocycles. The summed E-state index contributed by atoms with van der Waals surface area (Å²) in [4.78, 5) is 0. The second-order valence-electron chi connectivity index (χ2n) is 4.77. The van der Waals surface area contributed by atoms with Gasteiger partial charge in [0.25, 0.3) is 0 Å². The summed E-state index contributed by atoms with van der Waals surface area (Å²) >= 11 is 11.9. The molecule has 2 N–H and O–H groups in total. The second-order valence-corrected chi connectivity index (χ2v) is 5.64. The SMILES string of the molecule is NC(Cc1cccc(Cl)c1)c1cc2cc(Cl)ccc2o1. The van der Waals surface area contributed by atoms with Crippen molar-refractivity contribution in [1.29, 1.82) is 0 Å². The smallest absolute Gasteiger partial charge is 0.134 e. The van der Waals surface area contributed by atoms with Crippen LogP contribution in [0.2, 0.25) is 10.0 Å². The van der Waals surface area contributed by atoms with E-state index in [2.05, 4.69) is 0 Å². The van der Waals surface area contributed by atoms with Crippen LogP contribution in [0, 0.1) is 0 Å². The van der Waals surface area contributed by atoms with E-state index in [1.54, 1.807) is 6.07 Å². The molecule has 0 fully saturated rings. The van der Waals surface area contributed by atoms with Gasteiger partial charge in [-0.05, 0) is 48.4 Å². The van der Waals surface area contributed by atoms with Crippen molar-refractivity contribution in [3.63, 3.8) is 0 Å². The Bertz CT molecular complexity index is 751. The number of fused-ring (bicyclic) bond motifs is 1. The van der Waals surface area contributed by atoms with Gasteiger partial charge in [0.05, 0.1) is 6.04 Å². The lowest BCUT2D eigenvalue weighted by Gasteiger charge is -2.08. The minimum atomic E-state index is -0.209. The Hall–Kier alpha value is -1.48. The van der Waals surface area contributed by atoms with Gasteiger partial charge in [0.15, 0.2) is 0 Å². The predicted molar refractivity (Wildman–Crippen MR) is 83.3 cm³/mol. The normalized spacial score (nSPS) is 12.8. The van der Waals surface area contributed by atoms with Crippen molar-refractivity contribution in [2.24, 2.45) is 5.73 Å². The van der Waals surface area contributed by atoms with Crippen LogP contribution >= 0.6 is 23.2 Å². The fraction of sp³-hybridized carbons (Fsp3) is 0.125. The molecule has 3 aromatic rings. The van der Waals surface area contributed by atoms with Crippen molar-refractivity contribution >= 4 is 34.2 Å². The lowest BCUT2D eigenvalue weighted by atomic mass is 10.0. The van der Waals surface area contributed by atoms with Crippen LogP contribution in [-0.4, -0.2) is 0 Å². The summed E-state index contributed by atoms with van der Waals surface area (Å²) in [6, 6.07) is 15.0. The molecule has 0 radical (unpaired) electrons. The Morgan fingerprint density at radius 1 is 1.00 bits per heavy atom. The molecule has 20 heavy (non-hydrogen) atoms. The highest BCUT2D eigenvalue weighted by Gasteiger charge is 2.13.